The van der Waals surface area contributed by atoms with Crippen LogP contribution in [0.3, 0.4) is 0 Å². The number of hydrazine groups is 1. The Bertz CT molecular complexity index is 1410. The van der Waals surface area contributed by atoms with Crippen molar-refractivity contribution in [2.24, 2.45) is 4.99 Å². The average molecular weight is 568 g/mol. The molecule has 1 amide bonds. The average Bonchev–Trinajstić information content (AvgIpc) is 3.43. The molecule has 0 aromatic heterocycles. The van der Waals surface area contributed by atoms with E-state index in [4.69, 9.17) is 19.3 Å². The van der Waals surface area contributed by atoms with Crippen molar-refractivity contribution in [2.45, 2.75) is 29.8 Å². The zero-order valence-corrected chi connectivity index (χ0v) is 23.0. The number of methoxy groups -OCH3 is 1. The van der Waals surface area contributed by atoms with E-state index in [1.165, 1.54) is 12.1 Å². The summed E-state index contributed by atoms with van der Waals surface area (Å²) in [5.74, 6) is 0.716. The van der Waals surface area contributed by atoms with Gasteiger partial charge in [0.1, 0.15) is 18.1 Å². The Balaban J connectivity index is 1.52. The molecule has 0 aliphatic carbocycles. The highest BCUT2D eigenvalue weighted by molar-refractivity contribution is 7.91. The van der Waals surface area contributed by atoms with Gasteiger partial charge in [-0.25, -0.2) is 18.8 Å². The van der Waals surface area contributed by atoms with Gasteiger partial charge in [-0.2, -0.15) is 0 Å². The lowest BCUT2D eigenvalue weighted by Gasteiger charge is -2.23. The van der Waals surface area contributed by atoms with E-state index < -0.39 is 21.3 Å². The number of nitrogens with zero attached hydrogens (tertiary/aromatic N) is 1. The first-order valence-corrected chi connectivity index (χ1v) is 14.5. The molecule has 1 aliphatic rings. The molecule has 40 heavy (non-hydrogen) atoms. The third kappa shape index (κ3) is 7.17. The highest BCUT2D eigenvalue weighted by atomic mass is 32.2. The van der Waals surface area contributed by atoms with Gasteiger partial charge in [0, 0.05) is 30.7 Å². The topological polar surface area (TPSA) is 136 Å². The molecular weight excluding hydrogens is 534 g/mol. The van der Waals surface area contributed by atoms with E-state index in [2.05, 4.69) is 15.8 Å². The molecule has 1 atom stereocenters. The zero-order chi connectivity index (χ0) is 28.4. The molecule has 0 saturated carbocycles. The highest BCUT2D eigenvalue weighted by Gasteiger charge is 2.45. The molecule has 4 rings (SSSR count). The molecule has 1 heterocycles. The molecule has 0 bridgehead atoms. The molecule has 11 heteroatoms. The molecular formula is C29H33N3O7S. The number of amides is 1. The van der Waals surface area contributed by atoms with Gasteiger partial charge in [0.15, 0.2) is 15.4 Å². The number of benzene rings is 3. The Hall–Kier alpha value is -3.93. The SMILES string of the molecule is COc1ccccc1CNNC(=O)[C@]1(CCS(=O)(=O)c2ccccc2)COC(c2ccc(OCCCO)cc2)=N1. The normalized spacial score (nSPS) is 16.6. The Morgan fingerprint density at radius 2 is 1.77 bits per heavy atom. The second-order valence-electron chi connectivity index (χ2n) is 9.19. The van der Waals surface area contributed by atoms with Crippen LogP contribution in [-0.4, -0.2) is 63.6 Å². The maximum Gasteiger partial charge on any atom is 0.265 e. The van der Waals surface area contributed by atoms with Crippen LogP contribution in [0.2, 0.25) is 0 Å². The second kappa shape index (κ2) is 13.4. The summed E-state index contributed by atoms with van der Waals surface area (Å²) in [7, 11) is -2.10. The Kier molecular flexibility index (Phi) is 9.75. The molecule has 0 saturated heterocycles. The standard InChI is InChI=1S/C29H33N3O7S/c1-37-26-11-6-5-8-23(26)20-30-32-28(34)29(16-19-40(35,36)25-9-3-2-4-10-25)21-39-27(31-29)22-12-14-24(15-13-22)38-18-7-17-33/h2-6,8-15,30,33H,7,16-21H2,1H3,(H,32,34)/t29-/m0/s1. The molecule has 0 fully saturated rings. The minimum Gasteiger partial charge on any atom is -0.496 e. The van der Waals surface area contributed by atoms with Crippen LogP contribution in [0.5, 0.6) is 11.5 Å². The molecule has 0 spiro atoms. The molecule has 0 radical (unpaired) electrons. The minimum absolute atomic E-state index is 0.0423. The van der Waals surface area contributed by atoms with Crippen molar-refractivity contribution in [1.82, 2.24) is 10.9 Å². The van der Waals surface area contributed by atoms with Crippen LogP contribution >= 0.6 is 0 Å². The quantitative estimate of drug-likeness (QED) is 0.200. The summed E-state index contributed by atoms with van der Waals surface area (Å²) in [6.07, 6.45) is 0.435. The van der Waals surface area contributed by atoms with Gasteiger partial charge in [-0.15, -0.1) is 0 Å². The van der Waals surface area contributed by atoms with E-state index in [0.29, 0.717) is 30.1 Å². The van der Waals surface area contributed by atoms with Crippen LogP contribution in [0, 0.1) is 0 Å². The van der Waals surface area contributed by atoms with E-state index in [1.807, 2.05) is 24.3 Å². The van der Waals surface area contributed by atoms with E-state index >= 15 is 0 Å². The monoisotopic (exact) mass is 567 g/mol. The number of hydrogen-bond donors (Lipinski definition) is 3. The van der Waals surface area contributed by atoms with E-state index in [9.17, 15) is 13.2 Å². The number of aliphatic hydroxyl groups is 1. The maximum atomic E-state index is 13.5. The van der Waals surface area contributed by atoms with Crippen LogP contribution in [-0.2, 0) is 25.9 Å². The van der Waals surface area contributed by atoms with Crippen LogP contribution in [0.15, 0.2) is 88.8 Å². The van der Waals surface area contributed by atoms with Crippen LogP contribution in [0.25, 0.3) is 0 Å². The first-order chi connectivity index (χ1) is 19.4. The fourth-order valence-corrected chi connectivity index (χ4v) is 5.55. The van der Waals surface area contributed by atoms with Crippen LogP contribution in [0.1, 0.15) is 24.0 Å². The first kappa shape index (κ1) is 29.1. The number of nitrogens with one attached hydrogen (secondary N) is 2. The number of aliphatic imine (C=N–C) groups is 1. The number of para-hydroxylation sites is 1. The van der Waals surface area contributed by atoms with Crippen molar-refractivity contribution >= 4 is 21.6 Å². The van der Waals surface area contributed by atoms with Gasteiger partial charge in [-0.1, -0.05) is 36.4 Å². The first-order valence-electron chi connectivity index (χ1n) is 12.9. The molecule has 10 nitrogen and oxygen atoms in total. The highest BCUT2D eigenvalue weighted by Crippen LogP contribution is 2.28. The maximum absolute atomic E-state index is 13.5. The minimum atomic E-state index is -3.67. The van der Waals surface area contributed by atoms with Crippen molar-refractivity contribution in [3.63, 3.8) is 0 Å². The van der Waals surface area contributed by atoms with Crippen molar-refractivity contribution < 1.29 is 32.5 Å². The zero-order valence-electron chi connectivity index (χ0n) is 22.2. The summed E-state index contributed by atoms with van der Waals surface area (Å²) < 4.78 is 42.9. The van der Waals surface area contributed by atoms with Crippen molar-refractivity contribution in [2.75, 3.05) is 32.7 Å². The molecule has 1 aliphatic heterocycles. The molecule has 3 aromatic carbocycles. The van der Waals surface area contributed by atoms with Gasteiger partial charge in [0.25, 0.3) is 5.91 Å². The largest absolute Gasteiger partial charge is 0.496 e. The lowest BCUT2D eigenvalue weighted by atomic mass is 9.98. The number of hydrogen-bond acceptors (Lipinski definition) is 9. The van der Waals surface area contributed by atoms with Gasteiger partial charge in [0.2, 0.25) is 5.90 Å². The Labute approximate surface area is 233 Å². The second-order valence-corrected chi connectivity index (χ2v) is 11.3. The number of carbonyl (C=O) groups is 1. The molecule has 212 valence electrons. The predicted molar refractivity (Wildman–Crippen MR) is 150 cm³/mol. The number of ether oxygens (including phenoxy) is 3. The smallest absolute Gasteiger partial charge is 0.265 e. The van der Waals surface area contributed by atoms with Gasteiger partial charge in [-0.3, -0.25) is 10.2 Å². The molecule has 3 aromatic rings. The Morgan fingerprint density at radius 3 is 2.50 bits per heavy atom. The number of carbonyl (C=O) groups excluding carboxylic acids is 1. The van der Waals surface area contributed by atoms with Gasteiger partial charge in [-0.05, 0) is 48.9 Å². The van der Waals surface area contributed by atoms with Crippen LogP contribution < -0.4 is 20.3 Å². The third-order valence-electron chi connectivity index (χ3n) is 6.42. The number of sulfone groups is 1. The fraction of sp³-hybridized carbons (Fsp3) is 0.310. The predicted octanol–water partition coefficient (Wildman–Crippen LogP) is 2.66. The summed E-state index contributed by atoms with van der Waals surface area (Å²) in [6, 6.07) is 22.5. The van der Waals surface area contributed by atoms with E-state index in [1.54, 1.807) is 49.6 Å². The van der Waals surface area contributed by atoms with Crippen molar-refractivity contribution in [1.29, 1.82) is 0 Å². The Morgan fingerprint density at radius 1 is 1.05 bits per heavy atom. The fourth-order valence-electron chi connectivity index (χ4n) is 4.13. The summed E-state index contributed by atoms with van der Waals surface area (Å²) in [6.45, 7) is 0.585. The van der Waals surface area contributed by atoms with Crippen LogP contribution in [0.4, 0.5) is 0 Å². The number of aliphatic hydroxyl groups excluding tert-OH is 1. The lowest BCUT2D eigenvalue weighted by Crippen LogP contribution is -2.52. The van der Waals surface area contributed by atoms with E-state index in [0.717, 1.165) is 5.56 Å². The van der Waals surface area contributed by atoms with Gasteiger partial charge in [0.05, 0.1) is 24.4 Å². The summed E-state index contributed by atoms with van der Waals surface area (Å²) in [4.78, 5) is 18.3. The third-order valence-corrected chi connectivity index (χ3v) is 8.15. The number of rotatable bonds is 14. The molecule has 3 N–H and O–H groups in total. The van der Waals surface area contributed by atoms with Gasteiger partial charge < -0.3 is 19.3 Å². The summed E-state index contributed by atoms with van der Waals surface area (Å²) in [5.41, 5.74) is 5.57. The van der Waals surface area contributed by atoms with Crippen molar-refractivity contribution in [3.8, 4) is 11.5 Å². The lowest BCUT2D eigenvalue weighted by molar-refractivity contribution is -0.127. The molecule has 0 unspecified atom stereocenters. The van der Waals surface area contributed by atoms with Crippen molar-refractivity contribution in [3.05, 3.63) is 90.0 Å². The van der Waals surface area contributed by atoms with Gasteiger partial charge >= 0.3 is 0 Å². The van der Waals surface area contributed by atoms with E-state index in [-0.39, 0.29) is 42.7 Å². The summed E-state index contributed by atoms with van der Waals surface area (Å²) in [5, 5.41) is 8.93. The summed E-state index contributed by atoms with van der Waals surface area (Å²) >= 11 is 0.